The smallest absolute Gasteiger partial charge is 0.257 e. The number of aryl methyl sites for hydroxylation is 1. The van der Waals surface area contributed by atoms with Gasteiger partial charge in [0, 0.05) is 18.7 Å². The van der Waals surface area contributed by atoms with Gasteiger partial charge in [-0.2, -0.15) is 5.10 Å². The molecule has 0 bridgehead atoms. The van der Waals surface area contributed by atoms with Crippen LogP contribution in [0.4, 0.5) is 0 Å². The number of hydrogen-bond donors (Lipinski definition) is 0. The van der Waals surface area contributed by atoms with E-state index in [1.165, 1.54) is 12.5 Å². The van der Waals surface area contributed by atoms with Crippen LogP contribution in [0.5, 0.6) is 5.75 Å². The van der Waals surface area contributed by atoms with E-state index in [0.29, 0.717) is 18.7 Å². The SMILES string of the molecule is COc1cccc(-c2cc3n(n2)CCCN(C(=O)c2ccoc2)C3)c1. The minimum Gasteiger partial charge on any atom is -0.497 e. The molecule has 0 spiro atoms. The van der Waals surface area contributed by atoms with Gasteiger partial charge in [-0.15, -0.1) is 0 Å². The number of amides is 1. The Morgan fingerprint density at radius 3 is 2.96 bits per heavy atom. The van der Waals surface area contributed by atoms with Crippen molar-refractivity contribution in [1.29, 1.82) is 0 Å². The molecule has 4 rings (SSSR count). The largest absolute Gasteiger partial charge is 0.497 e. The molecule has 0 saturated heterocycles. The first-order valence-corrected chi connectivity index (χ1v) is 8.27. The highest BCUT2D eigenvalue weighted by molar-refractivity contribution is 5.93. The number of ether oxygens (including phenoxy) is 1. The fourth-order valence-electron chi connectivity index (χ4n) is 3.13. The van der Waals surface area contributed by atoms with Gasteiger partial charge in [0.05, 0.1) is 36.9 Å². The van der Waals surface area contributed by atoms with Crippen molar-refractivity contribution >= 4 is 5.91 Å². The van der Waals surface area contributed by atoms with Crippen LogP contribution in [0.2, 0.25) is 0 Å². The second-order valence-electron chi connectivity index (χ2n) is 6.07. The number of carbonyl (C=O) groups excluding carboxylic acids is 1. The molecule has 2 aromatic heterocycles. The normalized spacial score (nSPS) is 14.0. The molecule has 1 aliphatic heterocycles. The lowest BCUT2D eigenvalue weighted by Crippen LogP contribution is -2.30. The number of hydrogen-bond acceptors (Lipinski definition) is 4. The summed E-state index contributed by atoms with van der Waals surface area (Å²) >= 11 is 0. The summed E-state index contributed by atoms with van der Waals surface area (Å²) in [6, 6.07) is 11.6. The van der Waals surface area contributed by atoms with Gasteiger partial charge in [0.2, 0.25) is 0 Å². The van der Waals surface area contributed by atoms with E-state index in [1.54, 1.807) is 13.2 Å². The summed E-state index contributed by atoms with van der Waals surface area (Å²) in [4.78, 5) is 14.5. The topological polar surface area (TPSA) is 60.5 Å². The van der Waals surface area contributed by atoms with Gasteiger partial charge in [0.1, 0.15) is 12.0 Å². The first-order valence-electron chi connectivity index (χ1n) is 8.27. The third-order valence-corrected chi connectivity index (χ3v) is 4.43. The number of carbonyl (C=O) groups is 1. The van der Waals surface area contributed by atoms with Crippen LogP contribution in [-0.4, -0.2) is 34.2 Å². The van der Waals surface area contributed by atoms with Crippen molar-refractivity contribution < 1.29 is 13.9 Å². The number of furan rings is 1. The molecule has 0 atom stereocenters. The predicted molar refractivity (Wildman–Crippen MR) is 92.3 cm³/mol. The van der Waals surface area contributed by atoms with Crippen LogP contribution >= 0.6 is 0 Å². The zero-order valence-electron chi connectivity index (χ0n) is 14.0. The molecule has 0 saturated carbocycles. The maximum absolute atomic E-state index is 12.6. The van der Waals surface area contributed by atoms with E-state index in [-0.39, 0.29) is 5.91 Å². The number of benzene rings is 1. The molecule has 0 radical (unpaired) electrons. The molecule has 25 heavy (non-hydrogen) atoms. The zero-order chi connectivity index (χ0) is 17.2. The lowest BCUT2D eigenvalue weighted by molar-refractivity contribution is 0.0745. The molecule has 0 unspecified atom stereocenters. The third kappa shape index (κ3) is 3.03. The van der Waals surface area contributed by atoms with Gasteiger partial charge >= 0.3 is 0 Å². The molecular weight excluding hydrogens is 318 g/mol. The van der Waals surface area contributed by atoms with Crippen molar-refractivity contribution in [2.75, 3.05) is 13.7 Å². The summed E-state index contributed by atoms with van der Waals surface area (Å²) in [6.45, 7) is 2.05. The van der Waals surface area contributed by atoms with Gasteiger partial charge in [-0.05, 0) is 30.7 Å². The second kappa shape index (κ2) is 6.47. The summed E-state index contributed by atoms with van der Waals surface area (Å²) in [5.41, 5.74) is 3.52. The average Bonchev–Trinajstić information content (AvgIpc) is 3.27. The Morgan fingerprint density at radius 2 is 2.16 bits per heavy atom. The quantitative estimate of drug-likeness (QED) is 0.736. The predicted octanol–water partition coefficient (Wildman–Crippen LogP) is 3.20. The molecule has 6 nitrogen and oxygen atoms in total. The van der Waals surface area contributed by atoms with E-state index < -0.39 is 0 Å². The Morgan fingerprint density at radius 1 is 1.24 bits per heavy atom. The van der Waals surface area contributed by atoms with Gasteiger partial charge in [0.25, 0.3) is 5.91 Å². The molecule has 1 amide bonds. The molecule has 3 aromatic rings. The summed E-state index contributed by atoms with van der Waals surface area (Å²) < 4.78 is 12.3. The Balaban J connectivity index is 1.61. The van der Waals surface area contributed by atoms with Crippen LogP contribution in [0.1, 0.15) is 22.5 Å². The molecule has 3 heterocycles. The lowest BCUT2D eigenvalue weighted by Gasteiger charge is -2.18. The van der Waals surface area contributed by atoms with Gasteiger partial charge in [-0.3, -0.25) is 9.48 Å². The number of aromatic nitrogens is 2. The first-order chi connectivity index (χ1) is 12.2. The molecule has 0 N–H and O–H groups in total. The fraction of sp³-hybridized carbons (Fsp3) is 0.263. The van der Waals surface area contributed by atoms with Crippen molar-refractivity contribution in [2.45, 2.75) is 19.5 Å². The highest BCUT2D eigenvalue weighted by atomic mass is 16.5. The van der Waals surface area contributed by atoms with E-state index in [1.807, 2.05) is 33.8 Å². The van der Waals surface area contributed by atoms with Crippen LogP contribution in [0.3, 0.4) is 0 Å². The van der Waals surface area contributed by atoms with E-state index >= 15 is 0 Å². The number of nitrogens with zero attached hydrogens (tertiary/aromatic N) is 3. The van der Waals surface area contributed by atoms with Crippen molar-refractivity contribution in [1.82, 2.24) is 14.7 Å². The number of rotatable bonds is 3. The highest BCUT2D eigenvalue weighted by Gasteiger charge is 2.22. The minimum atomic E-state index is -0.00803. The van der Waals surface area contributed by atoms with Gasteiger partial charge in [-0.25, -0.2) is 0 Å². The fourth-order valence-corrected chi connectivity index (χ4v) is 3.13. The van der Waals surface area contributed by atoms with Crippen LogP contribution in [0.25, 0.3) is 11.3 Å². The Hall–Kier alpha value is -3.02. The van der Waals surface area contributed by atoms with Crippen LogP contribution in [-0.2, 0) is 13.1 Å². The minimum absolute atomic E-state index is 0.00803. The third-order valence-electron chi connectivity index (χ3n) is 4.43. The molecule has 0 fully saturated rings. The van der Waals surface area contributed by atoms with E-state index in [2.05, 4.69) is 6.07 Å². The molecule has 0 aliphatic carbocycles. The van der Waals surface area contributed by atoms with Crippen molar-refractivity contribution in [3.05, 3.63) is 60.2 Å². The van der Waals surface area contributed by atoms with Gasteiger partial charge in [0.15, 0.2) is 0 Å². The van der Waals surface area contributed by atoms with Crippen LogP contribution in [0, 0.1) is 0 Å². The zero-order valence-corrected chi connectivity index (χ0v) is 14.0. The number of methoxy groups -OCH3 is 1. The maximum Gasteiger partial charge on any atom is 0.257 e. The van der Waals surface area contributed by atoms with Crippen LogP contribution < -0.4 is 4.74 Å². The molecule has 128 valence electrons. The molecule has 1 aliphatic rings. The van der Waals surface area contributed by atoms with E-state index in [4.69, 9.17) is 14.3 Å². The molecule has 1 aromatic carbocycles. The van der Waals surface area contributed by atoms with Crippen molar-refractivity contribution in [3.8, 4) is 17.0 Å². The lowest BCUT2D eigenvalue weighted by atomic mass is 10.1. The maximum atomic E-state index is 12.6. The highest BCUT2D eigenvalue weighted by Crippen LogP contribution is 2.25. The standard InChI is InChI=1S/C19H19N3O3/c1-24-17-5-2-4-14(10-17)18-11-16-12-21(7-3-8-22(16)20-18)19(23)15-6-9-25-13-15/h2,4-6,9-11,13H,3,7-8,12H2,1H3. The van der Waals surface area contributed by atoms with Crippen molar-refractivity contribution in [3.63, 3.8) is 0 Å². The number of fused-ring (bicyclic) bond motifs is 1. The molecule has 6 heteroatoms. The Labute approximate surface area is 145 Å². The summed E-state index contributed by atoms with van der Waals surface area (Å²) in [5.74, 6) is 0.795. The average molecular weight is 337 g/mol. The summed E-state index contributed by atoms with van der Waals surface area (Å²) in [6.07, 6.45) is 3.89. The van der Waals surface area contributed by atoms with E-state index in [0.717, 1.165) is 35.7 Å². The molecular formula is C19H19N3O3. The van der Waals surface area contributed by atoms with Gasteiger partial charge < -0.3 is 14.1 Å². The van der Waals surface area contributed by atoms with Gasteiger partial charge in [-0.1, -0.05) is 12.1 Å². The summed E-state index contributed by atoms with van der Waals surface area (Å²) in [7, 11) is 1.65. The Kier molecular flexibility index (Phi) is 4.01. The monoisotopic (exact) mass is 337 g/mol. The Bertz CT molecular complexity index is 883. The first kappa shape index (κ1) is 15.5. The van der Waals surface area contributed by atoms with Crippen LogP contribution in [0.15, 0.2) is 53.3 Å². The van der Waals surface area contributed by atoms with E-state index in [9.17, 15) is 4.79 Å². The summed E-state index contributed by atoms with van der Waals surface area (Å²) in [5, 5.41) is 4.72. The van der Waals surface area contributed by atoms with Crippen molar-refractivity contribution in [2.24, 2.45) is 0 Å². The second-order valence-corrected chi connectivity index (χ2v) is 6.07.